The number of aromatic nitrogens is 1. The molecule has 2 heterocycles. The molecule has 1 aliphatic heterocycles. The van der Waals surface area contributed by atoms with Gasteiger partial charge in [-0.2, -0.15) is 0 Å². The number of nitrogens with zero attached hydrogens (tertiary/aromatic N) is 3. The summed E-state index contributed by atoms with van der Waals surface area (Å²) >= 11 is 1.21. The molecule has 0 spiro atoms. The second kappa shape index (κ2) is 8.95. The first-order valence-corrected chi connectivity index (χ1v) is 11.1. The number of esters is 1. The summed E-state index contributed by atoms with van der Waals surface area (Å²) in [7, 11) is 0. The van der Waals surface area contributed by atoms with Gasteiger partial charge in [0.25, 0.3) is 11.2 Å². The zero-order valence-electron chi connectivity index (χ0n) is 18.3. The van der Waals surface area contributed by atoms with Crippen molar-refractivity contribution in [3.8, 4) is 0 Å². The van der Waals surface area contributed by atoms with Crippen LogP contribution in [0.1, 0.15) is 36.6 Å². The number of aryl methyl sites for hydroxylation is 1. The van der Waals surface area contributed by atoms with Crippen molar-refractivity contribution < 1.29 is 14.5 Å². The van der Waals surface area contributed by atoms with Crippen molar-refractivity contribution in [3.63, 3.8) is 0 Å². The van der Waals surface area contributed by atoms with Gasteiger partial charge in [-0.15, -0.1) is 0 Å². The van der Waals surface area contributed by atoms with Crippen LogP contribution < -0.4 is 14.9 Å². The quantitative estimate of drug-likeness (QED) is 0.329. The van der Waals surface area contributed by atoms with E-state index in [0.29, 0.717) is 20.6 Å². The van der Waals surface area contributed by atoms with Crippen LogP contribution >= 0.6 is 11.3 Å². The smallest absolute Gasteiger partial charge is 0.338 e. The predicted octanol–water partition coefficient (Wildman–Crippen LogP) is 3.01. The largest absolute Gasteiger partial charge is 0.463 e. The molecule has 4 rings (SSSR count). The van der Waals surface area contributed by atoms with E-state index in [-0.39, 0.29) is 23.4 Å². The summed E-state index contributed by atoms with van der Waals surface area (Å²) in [6.45, 7) is 5.49. The second-order valence-corrected chi connectivity index (χ2v) is 8.57. The molecule has 3 aromatic rings. The molecule has 0 N–H and O–H groups in total. The number of hydrogen-bond donors (Lipinski definition) is 0. The Kier molecular flexibility index (Phi) is 6.06. The molecule has 0 saturated heterocycles. The highest BCUT2D eigenvalue weighted by Gasteiger charge is 2.34. The van der Waals surface area contributed by atoms with Crippen molar-refractivity contribution in [1.82, 2.24) is 4.57 Å². The van der Waals surface area contributed by atoms with Gasteiger partial charge in [0.05, 0.1) is 33.4 Å². The fourth-order valence-electron chi connectivity index (χ4n) is 3.73. The summed E-state index contributed by atoms with van der Waals surface area (Å²) in [6, 6.07) is 12.8. The van der Waals surface area contributed by atoms with Crippen molar-refractivity contribution in [1.29, 1.82) is 0 Å². The van der Waals surface area contributed by atoms with Crippen molar-refractivity contribution in [2.24, 2.45) is 4.99 Å². The first-order chi connectivity index (χ1) is 15.8. The minimum absolute atomic E-state index is 0.132. The van der Waals surface area contributed by atoms with Crippen LogP contribution in [0.3, 0.4) is 0 Å². The molecule has 1 aliphatic rings. The van der Waals surface area contributed by atoms with E-state index in [1.165, 1.54) is 34.1 Å². The molecule has 0 saturated carbocycles. The number of benzene rings is 2. The van der Waals surface area contributed by atoms with Gasteiger partial charge >= 0.3 is 5.97 Å². The van der Waals surface area contributed by atoms with Gasteiger partial charge in [-0.05, 0) is 38.0 Å². The van der Waals surface area contributed by atoms with Gasteiger partial charge in [0, 0.05) is 12.1 Å². The lowest BCUT2D eigenvalue weighted by atomic mass is 9.95. The Labute approximate surface area is 192 Å². The molecule has 1 atom stereocenters. The molecule has 168 valence electrons. The lowest BCUT2D eigenvalue weighted by Crippen LogP contribution is -2.39. The number of carbonyl (C=O) groups is 1. The van der Waals surface area contributed by atoms with Crippen LogP contribution in [0.25, 0.3) is 6.08 Å². The Hall–Kier alpha value is -3.85. The lowest BCUT2D eigenvalue weighted by molar-refractivity contribution is -0.384. The number of rotatable bonds is 5. The van der Waals surface area contributed by atoms with Gasteiger partial charge in [0.1, 0.15) is 0 Å². The SMILES string of the molecule is CCOC(=O)C1=C(C)N=c2s/c(=C/c3ccc(C)cc3)c(=O)n2[C@@H]1c1cccc([N+](=O)[O-])c1. The first-order valence-electron chi connectivity index (χ1n) is 10.3. The molecular formula is C24H21N3O5S. The monoisotopic (exact) mass is 463 g/mol. The van der Waals surface area contributed by atoms with Crippen LogP contribution in [0.15, 0.2) is 69.6 Å². The van der Waals surface area contributed by atoms with E-state index < -0.39 is 16.9 Å². The topological polar surface area (TPSA) is 104 Å². The maximum absolute atomic E-state index is 13.5. The molecule has 33 heavy (non-hydrogen) atoms. The standard InChI is InChI=1S/C24H21N3O5S/c1-4-32-23(29)20-15(3)25-24-26(21(20)17-6-5-7-18(13-17)27(30)31)22(28)19(33-24)12-16-10-8-14(2)9-11-16/h5-13,21H,4H2,1-3H3/b19-12+/t21-/m1/s1. The number of hydrogen-bond acceptors (Lipinski definition) is 7. The van der Waals surface area contributed by atoms with Gasteiger partial charge in [0.2, 0.25) is 0 Å². The van der Waals surface area contributed by atoms with Crippen LogP contribution in [0.5, 0.6) is 0 Å². The van der Waals surface area contributed by atoms with E-state index in [9.17, 15) is 19.7 Å². The van der Waals surface area contributed by atoms with Gasteiger partial charge in [-0.1, -0.05) is 53.3 Å². The average molecular weight is 464 g/mol. The summed E-state index contributed by atoms with van der Waals surface area (Å²) in [5.74, 6) is -0.608. The van der Waals surface area contributed by atoms with Crippen molar-refractivity contribution in [3.05, 3.63) is 106 Å². The highest BCUT2D eigenvalue weighted by Crippen LogP contribution is 2.32. The van der Waals surface area contributed by atoms with E-state index in [2.05, 4.69) is 4.99 Å². The predicted molar refractivity (Wildman–Crippen MR) is 125 cm³/mol. The third-order valence-electron chi connectivity index (χ3n) is 5.29. The van der Waals surface area contributed by atoms with E-state index in [4.69, 9.17) is 4.74 Å². The third-order valence-corrected chi connectivity index (χ3v) is 6.27. The van der Waals surface area contributed by atoms with Crippen LogP contribution in [0.2, 0.25) is 0 Å². The molecular weight excluding hydrogens is 442 g/mol. The van der Waals surface area contributed by atoms with E-state index >= 15 is 0 Å². The van der Waals surface area contributed by atoms with E-state index in [1.54, 1.807) is 26.0 Å². The zero-order valence-corrected chi connectivity index (χ0v) is 19.1. The van der Waals surface area contributed by atoms with Crippen LogP contribution in [-0.4, -0.2) is 22.1 Å². The minimum Gasteiger partial charge on any atom is -0.463 e. The van der Waals surface area contributed by atoms with Crippen LogP contribution in [-0.2, 0) is 9.53 Å². The minimum atomic E-state index is -0.889. The number of allylic oxidation sites excluding steroid dienone is 1. The Balaban J connectivity index is 1.97. The Bertz CT molecular complexity index is 1460. The lowest BCUT2D eigenvalue weighted by Gasteiger charge is -2.24. The second-order valence-electron chi connectivity index (χ2n) is 7.57. The number of carbonyl (C=O) groups excluding carboxylic acids is 1. The average Bonchev–Trinajstić information content (AvgIpc) is 3.09. The number of fused-ring (bicyclic) bond motifs is 1. The zero-order chi connectivity index (χ0) is 23.7. The number of non-ortho nitro benzene ring substituents is 1. The molecule has 0 aliphatic carbocycles. The fraction of sp³-hybridized carbons (Fsp3) is 0.208. The number of thiazole rings is 1. The van der Waals surface area contributed by atoms with Gasteiger partial charge < -0.3 is 4.74 Å². The number of nitro benzene ring substituents is 1. The molecule has 0 fully saturated rings. The van der Waals surface area contributed by atoms with Gasteiger partial charge in [0.15, 0.2) is 4.80 Å². The Morgan fingerprint density at radius 1 is 1.24 bits per heavy atom. The number of nitro groups is 1. The summed E-state index contributed by atoms with van der Waals surface area (Å²) in [4.78, 5) is 42.2. The summed E-state index contributed by atoms with van der Waals surface area (Å²) in [5, 5.41) is 11.4. The van der Waals surface area contributed by atoms with Crippen molar-refractivity contribution >= 4 is 29.1 Å². The van der Waals surface area contributed by atoms with Crippen LogP contribution in [0, 0.1) is 17.0 Å². The summed E-state index contributed by atoms with van der Waals surface area (Å²) in [6.07, 6.45) is 1.77. The summed E-state index contributed by atoms with van der Waals surface area (Å²) in [5.41, 5.74) is 2.54. The molecule has 0 radical (unpaired) electrons. The van der Waals surface area contributed by atoms with Gasteiger partial charge in [-0.25, -0.2) is 9.79 Å². The Morgan fingerprint density at radius 3 is 2.64 bits per heavy atom. The molecule has 2 aromatic carbocycles. The maximum Gasteiger partial charge on any atom is 0.338 e. The van der Waals surface area contributed by atoms with E-state index in [1.807, 2.05) is 31.2 Å². The maximum atomic E-state index is 13.5. The fourth-order valence-corrected chi connectivity index (χ4v) is 4.78. The highest BCUT2D eigenvalue weighted by atomic mass is 32.1. The highest BCUT2D eigenvalue weighted by molar-refractivity contribution is 7.07. The van der Waals surface area contributed by atoms with E-state index in [0.717, 1.165) is 11.1 Å². The van der Waals surface area contributed by atoms with Crippen LogP contribution in [0.4, 0.5) is 5.69 Å². The molecule has 9 heteroatoms. The molecule has 0 bridgehead atoms. The molecule has 1 aromatic heterocycles. The van der Waals surface area contributed by atoms with Crippen molar-refractivity contribution in [2.75, 3.05) is 6.61 Å². The molecule has 0 unspecified atom stereocenters. The first kappa shape index (κ1) is 22.3. The molecule has 8 nitrogen and oxygen atoms in total. The third kappa shape index (κ3) is 4.27. The molecule has 0 amide bonds. The normalized spacial score (nSPS) is 15.7. The van der Waals surface area contributed by atoms with Gasteiger partial charge in [-0.3, -0.25) is 19.5 Å². The summed E-state index contributed by atoms with van der Waals surface area (Å²) < 4.78 is 7.11. The Morgan fingerprint density at radius 2 is 1.97 bits per heavy atom. The number of ether oxygens (including phenoxy) is 1. The van der Waals surface area contributed by atoms with Crippen molar-refractivity contribution in [2.45, 2.75) is 26.8 Å².